The second kappa shape index (κ2) is 8.72. The third kappa shape index (κ3) is 4.00. The van der Waals surface area contributed by atoms with Crippen molar-refractivity contribution in [1.82, 2.24) is 19.7 Å². The van der Waals surface area contributed by atoms with Crippen LogP contribution in [0.5, 0.6) is 0 Å². The van der Waals surface area contributed by atoms with Crippen LogP contribution in [0.2, 0.25) is 5.15 Å². The first-order valence-corrected chi connectivity index (χ1v) is 11.7. The Morgan fingerprint density at radius 1 is 1.21 bits per heavy atom. The Kier molecular flexibility index (Phi) is 5.73. The first-order valence-electron chi connectivity index (χ1n) is 11.3. The highest BCUT2D eigenvalue weighted by Gasteiger charge is 2.48. The number of halogens is 1. The monoisotopic (exact) mass is 480 g/mol. The molecule has 2 fully saturated rings. The fourth-order valence-corrected chi connectivity index (χ4v) is 5.54. The Morgan fingerprint density at radius 3 is 2.79 bits per heavy atom. The van der Waals surface area contributed by atoms with E-state index < -0.39 is 11.9 Å². The Balaban J connectivity index is 1.43. The van der Waals surface area contributed by atoms with Crippen molar-refractivity contribution in [3.63, 3.8) is 0 Å². The summed E-state index contributed by atoms with van der Waals surface area (Å²) in [6, 6.07) is 9.96. The number of nitrogens with one attached hydrogen (secondary N) is 1. The molecule has 3 heterocycles. The molecule has 3 atom stereocenters. The van der Waals surface area contributed by atoms with Gasteiger partial charge >= 0.3 is 0 Å². The van der Waals surface area contributed by atoms with Crippen LogP contribution in [-0.2, 0) is 16.1 Å². The van der Waals surface area contributed by atoms with Gasteiger partial charge in [0, 0.05) is 11.4 Å². The number of hydrogen-bond acceptors (Lipinski definition) is 5. The molecule has 0 unspecified atom stereocenters. The molecular formula is C24H25ClN6O3. The molecule has 10 heteroatoms. The normalized spacial score (nSPS) is 21.6. The minimum atomic E-state index is -0.648. The van der Waals surface area contributed by atoms with E-state index in [1.165, 1.54) is 4.68 Å². The zero-order valence-corrected chi connectivity index (χ0v) is 19.5. The number of nitrogens with two attached hydrogens (primary N) is 1. The number of aryl methyl sites for hydroxylation is 1. The summed E-state index contributed by atoms with van der Waals surface area (Å²) in [5.41, 5.74) is 7.28. The highest BCUT2D eigenvalue weighted by Crippen LogP contribution is 2.41. The number of benzene rings is 1. The first-order chi connectivity index (χ1) is 16.3. The molecule has 5 rings (SSSR count). The topological polar surface area (TPSA) is 123 Å². The summed E-state index contributed by atoms with van der Waals surface area (Å²) >= 11 is 5.95. The van der Waals surface area contributed by atoms with Crippen molar-refractivity contribution in [3.05, 3.63) is 52.8 Å². The van der Waals surface area contributed by atoms with Gasteiger partial charge in [-0.2, -0.15) is 5.10 Å². The summed E-state index contributed by atoms with van der Waals surface area (Å²) in [5.74, 6) is -0.511. The zero-order valence-electron chi connectivity index (χ0n) is 18.7. The average Bonchev–Trinajstić information content (AvgIpc) is 3.46. The molecule has 1 saturated heterocycles. The lowest BCUT2D eigenvalue weighted by Crippen LogP contribution is -2.48. The molecule has 176 valence electrons. The maximum atomic E-state index is 13.6. The van der Waals surface area contributed by atoms with Crippen LogP contribution in [0.15, 0.2) is 36.4 Å². The molecule has 3 aromatic rings. The van der Waals surface area contributed by atoms with E-state index in [2.05, 4.69) is 15.4 Å². The van der Waals surface area contributed by atoms with Crippen LogP contribution < -0.4 is 11.1 Å². The molecule has 1 aliphatic heterocycles. The molecule has 1 saturated carbocycles. The van der Waals surface area contributed by atoms with E-state index in [-0.39, 0.29) is 41.2 Å². The van der Waals surface area contributed by atoms with Gasteiger partial charge in [-0.05, 0) is 56.4 Å². The molecule has 2 aromatic heterocycles. The number of anilines is 1. The molecule has 1 aromatic carbocycles. The van der Waals surface area contributed by atoms with Crippen molar-refractivity contribution < 1.29 is 14.4 Å². The number of amides is 3. The maximum absolute atomic E-state index is 13.6. The molecule has 9 nitrogen and oxygen atoms in total. The van der Waals surface area contributed by atoms with Gasteiger partial charge in [0.1, 0.15) is 23.6 Å². The Labute approximate surface area is 201 Å². The summed E-state index contributed by atoms with van der Waals surface area (Å²) in [6.45, 7) is 1.82. The molecule has 0 radical (unpaired) electrons. The van der Waals surface area contributed by atoms with Gasteiger partial charge in [-0.25, -0.2) is 4.98 Å². The van der Waals surface area contributed by atoms with Gasteiger partial charge in [0.15, 0.2) is 5.69 Å². The third-order valence-corrected chi connectivity index (χ3v) is 7.03. The lowest BCUT2D eigenvalue weighted by Gasteiger charge is -2.29. The van der Waals surface area contributed by atoms with Crippen LogP contribution in [0.3, 0.4) is 0 Å². The number of nitrogens with zero attached hydrogens (tertiary/aromatic N) is 4. The summed E-state index contributed by atoms with van der Waals surface area (Å²) in [4.78, 5) is 44.6. The standard InChI is InChI=1S/C24H25ClN6O3/c1-13-8-9-17-15(10-13)22(23(26)33)29-30(17)12-21(32)31-16-5-2-4-14(16)11-18(31)24(34)28-20-7-3-6-19(25)27-20/h3,6-10,14,16,18H,2,4-5,11-12H2,1H3,(H2,26,33)(H,27,28,34)/t14-,16-,18-/m0/s1. The highest BCUT2D eigenvalue weighted by molar-refractivity contribution is 6.29. The van der Waals surface area contributed by atoms with Crippen molar-refractivity contribution in [3.8, 4) is 0 Å². The Bertz CT molecular complexity index is 1310. The molecule has 3 amide bonds. The quantitative estimate of drug-likeness (QED) is 0.543. The molecule has 2 aliphatic rings. The van der Waals surface area contributed by atoms with E-state index in [4.69, 9.17) is 17.3 Å². The van der Waals surface area contributed by atoms with Crippen LogP contribution in [-0.4, -0.2) is 49.5 Å². The SMILES string of the molecule is Cc1ccc2c(c1)c(C(N)=O)nn2CC(=O)N1[C@H](C(=O)Nc2cccc(Cl)n2)C[C@@H]2CCC[C@@H]21. The van der Waals surface area contributed by atoms with E-state index >= 15 is 0 Å². The first kappa shape index (κ1) is 22.3. The lowest BCUT2D eigenvalue weighted by molar-refractivity contribution is -0.139. The second-order valence-corrected chi connectivity index (χ2v) is 9.42. The molecule has 34 heavy (non-hydrogen) atoms. The fraction of sp³-hybridized carbons (Fsp3) is 0.375. The summed E-state index contributed by atoms with van der Waals surface area (Å²) < 4.78 is 1.51. The molecule has 1 aliphatic carbocycles. The van der Waals surface area contributed by atoms with E-state index in [0.717, 1.165) is 24.8 Å². The van der Waals surface area contributed by atoms with Gasteiger partial charge in [0.05, 0.1) is 5.52 Å². The van der Waals surface area contributed by atoms with Gasteiger partial charge in [-0.1, -0.05) is 35.7 Å². The van der Waals surface area contributed by atoms with Crippen LogP contribution in [0.1, 0.15) is 41.7 Å². The Morgan fingerprint density at radius 2 is 2.03 bits per heavy atom. The predicted molar refractivity (Wildman–Crippen MR) is 127 cm³/mol. The van der Waals surface area contributed by atoms with Gasteiger partial charge in [0.2, 0.25) is 11.8 Å². The Hall–Kier alpha value is -3.46. The van der Waals surface area contributed by atoms with Crippen LogP contribution in [0.25, 0.3) is 10.9 Å². The summed E-state index contributed by atoms with van der Waals surface area (Å²) in [7, 11) is 0. The zero-order chi connectivity index (χ0) is 24.0. The van der Waals surface area contributed by atoms with E-state index in [9.17, 15) is 14.4 Å². The van der Waals surface area contributed by atoms with Crippen LogP contribution in [0, 0.1) is 12.8 Å². The van der Waals surface area contributed by atoms with E-state index in [1.54, 1.807) is 23.1 Å². The summed E-state index contributed by atoms with van der Waals surface area (Å²) in [5, 5.41) is 8.04. The minimum Gasteiger partial charge on any atom is -0.364 e. The van der Waals surface area contributed by atoms with Gasteiger partial charge in [0.25, 0.3) is 5.91 Å². The number of pyridine rings is 1. The largest absolute Gasteiger partial charge is 0.364 e. The maximum Gasteiger partial charge on any atom is 0.269 e. The highest BCUT2D eigenvalue weighted by atomic mass is 35.5. The van der Waals surface area contributed by atoms with Crippen molar-refractivity contribution in [2.45, 2.75) is 51.2 Å². The molecular weight excluding hydrogens is 456 g/mol. The molecule has 0 spiro atoms. The smallest absolute Gasteiger partial charge is 0.269 e. The number of primary amides is 1. The predicted octanol–water partition coefficient (Wildman–Crippen LogP) is 2.90. The van der Waals surface area contributed by atoms with Gasteiger partial charge in [-0.15, -0.1) is 0 Å². The van der Waals surface area contributed by atoms with Crippen molar-refractivity contribution in [2.24, 2.45) is 11.7 Å². The summed E-state index contributed by atoms with van der Waals surface area (Å²) in [6.07, 6.45) is 3.48. The van der Waals surface area contributed by atoms with E-state index in [1.807, 2.05) is 25.1 Å². The lowest BCUT2D eigenvalue weighted by atomic mass is 10.0. The molecule has 0 bridgehead atoms. The minimum absolute atomic E-state index is 0.00949. The van der Waals surface area contributed by atoms with Crippen molar-refractivity contribution in [2.75, 3.05) is 5.32 Å². The molecule has 3 N–H and O–H groups in total. The van der Waals surface area contributed by atoms with Crippen molar-refractivity contribution >= 4 is 46.0 Å². The number of carbonyl (C=O) groups excluding carboxylic acids is 3. The second-order valence-electron chi connectivity index (χ2n) is 9.04. The number of carbonyl (C=O) groups is 3. The van der Waals surface area contributed by atoms with Gasteiger partial charge in [-0.3, -0.25) is 19.1 Å². The average molecular weight is 481 g/mol. The van der Waals surface area contributed by atoms with Gasteiger partial charge < -0.3 is 16.0 Å². The van der Waals surface area contributed by atoms with E-state index in [0.29, 0.717) is 23.1 Å². The number of aromatic nitrogens is 3. The van der Waals surface area contributed by atoms with Crippen molar-refractivity contribution in [1.29, 1.82) is 0 Å². The van der Waals surface area contributed by atoms with Crippen LogP contribution in [0.4, 0.5) is 5.82 Å². The third-order valence-electron chi connectivity index (χ3n) is 6.82. The number of fused-ring (bicyclic) bond motifs is 2. The van der Waals surface area contributed by atoms with Crippen LogP contribution >= 0.6 is 11.6 Å². The number of rotatable bonds is 5. The number of hydrogen-bond donors (Lipinski definition) is 2. The number of likely N-dealkylation sites (tertiary alicyclic amines) is 1. The fourth-order valence-electron chi connectivity index (χ4n) is 5.37.